The second-order valence-corrected chi connectivity index (χ2v) is 3.18. The third-order valence-corrected chi connectivity index (χ3v) is 1.76. The molecule has 0 bridgehead atoms. The zero-order valence-corrected chi connectivity index (χ0v) is 8.87. The van der Waals surface area contributed by atoms with E-state index in [1.54, 1.807) is 19.0 Å². The van der Waals surface area contributed by atoms with Gasteiger partial charge in [-0.05, 0) is 6.07 Å². The molecule has 1 rings (SSSR count). The Balaban J connectivity index is 3.22. The highest BCUT2D eigenvalue weighted by atomic mass is 35.5. The zero-order chi connectivity index (χ0) is 10.7. The Bertz CT molecular complexity index is 354. The van der Waals surface area contributed by atoms with Gasteiger partial charge in [-0.25, -0.2) is 4.79 Å². The van der Waals surface area contributed by atoms with Crippen molar-refractivity contribution in [1.29, 1.82) is 0 Å². The van der Waals surface area contributed by atoms with E-state index >= 15 is 0 Å². The van der Waals surface area contributed by atoms with Crippen LogP contribution in [0.2, 0.25) is 5.15 Å². The first-order valence-electron chi connectivity index (χ1n) is 3.85. The number of anilines is 1. The summed E-state index contributed by atoms with van der Waals surface area (Å²) in [7, 11) is 4.81. The highest BCUT2D eigenvalue weighted by molar-refractivity contribution is 6.29. The van der Waals surface area contributed by atoms with Crippen LogP contribution in [0.4, 0.5) is 5.82 Å². The molecule has 0 amide bonds. The number of nitrogens with zero attached hydrogens (tertiary/aromatic N) is 3. The molecule has 1 aromatic heterocycles. The lowest BCUT2D eigenvalue weighted by atomic mass is 10.3. The van der Waals surface area contributed by atoms with Crippen molar-refractivity contribution < 1.29 is 9.53 Å². The zero-order valence-electron chi connectivity index (χ0n) is 8.11. The molecule has 0 spiro atoms. The van der Waals surface area contributed by atoms with Gasteiger partial charge in [-0.3, -0.25) is 0 Å². The molecule has 0 fully saturated rings. The molecule has 0 unspecified atom stereocenters. The molecule has 5 nitrogen and oxygen atoms in total. The first-order valence-corrected chi connectivity index (χ1v) is 4.23. The van der Waals surface area contributed by atoms with Gasteiger partial charge in [0.05, 0.1) is 7.11 Å². The van der Waals surface area contributed by atoms with Gasteiger partial charge in [0.1, 0.15) is 5.56 Å². The average Bonchev–Trinajstić information content (AvgIpc) is 2.16. The van der Waals surface area contributed by atoms with Gasteiger partial charge in [-0.2, -0.15) is 0 Å². The van der Waals surface area contributed by atoms with E-state index < -0.39 is 5.97 Å². The molecule has 0 aliphatic heterocycles. The van der Waals surface area contributed by atoms with Crippen LogP contribution in [0.25, 0.3) is 0 Å². The minimum atomic E-state index is -0.481. The molecule has 76 valence electrons. The summed E-state index contributed by atoms with van der Waals surface area (Å²) >= 11 is 5.62. The molecule has 0 aromatic carbocycles. The molecule has 6 heteroatoms. The monoisotopic (exact) mass is 215 g/mol. The lowest BCUT2D eigenvalue weighted by molar-refractivity contribution is 0.0601. The van der Waals surface area contributed by atoms with E-state index in [1.165, 1.54) is 13.2 Å². The molecule has 0 saturated carbocycles. The third kappa shape index (κ3) is 2.11. The Labute approximate surface area is 86.6 Å². The smallest absolute Gasteiger partial charge is 0.341 e. The second kappa shape index (κ2) is 4.23. The molecule has 0 N–H and O–H groups in total. The van der Waals surface area contributed by atoms with Crippen LogP contribution in [0.3, 0.4) is 0 Å². The van der Waals surface area contributed by atoms with Gasteiger partial charge in [-0.1, -0.05) is 11.6 Å². The fraction of sp³-hybridized carbons (Fsp3) is 0.375. The number of carbonyl (C=O) groups excluding carboxylic acids is 1. The number of methoxy groups -OCH3 is 1. The standard InChI is InChI=1S/C8H10ClN3O2/c1-12(2)7-5(8(13)14-3)4-6(9)10-11-7/h4H,1-3H3. The largest absolute Gasteiger partial charge is 0.465 e. The van der Waals surface area contributed by atoms with E-state index in [1.807, 2.05) is 0 Å². The van der Waals surface area contributed by atoms with Crippen molar-refractivity contribution in [2.75, 3.05) is 26.1 Å². The number of aromatic nitrogens is 2. The number of rotatable bonds is 2. The third-order valence-electron chi connectivity index (χ3n) is 1.57. The summed E-state index contributed by atoms with van der Waals surface area (Å²) in [5.74, 6) is -0.0493. The summed E-state index contributed by atoms with van der Waals surface area (Å²) in [4.78, 5) is 13.0. The fourth-order valence-electron chi connectivity index (χ4n) is 0.952. The van der Waals surface area contributed by atoms with Gasteiger partial charge in [0.15, 0.2) is 11.0 Å². The van der Waals surface area contributed by atoms with Crippen LogP contribution in [0.5, 0.6) is 0 Å². The molecule has 0 radical (unpaired) electrons. The minimum Gasteiger partial charge on any atom is -0.465 e. The van der Waals surface area contributed by atoms with E-state index in [0.717, 1.165) is 0 Å². The summed E-state index contributed by atoms with van der Waals surface area (Å²) in [6.07, 6.45) is 0. The molecular weight excluding hydrogens is 206 g/mol. The normalized spacial score (nSPS) is 9.71. The number of hydrogen-bond acceptors (Lipinski definition) is 5. The van der Waals surface area contributed by atoms with Crippen LogP contribution >= 0.6 is 11.6 Å². The summed E-state index contributed by atoms with van der Waals surface area (Å²) in [5.41, 5.74) is 0.303. The molecular formula is C8H10ClN3O2. The van der Waals surface area contributed by atoms with Crippen molar-refractivity contribution in [2.24, 2.45) is 0 Å². The number of ether oxygens (including phenoxy) is 1. The first kappa shape index (κ1) is 10.7. The molecule has 14 heavy (non-hydrogen) atoms. The first-order chi connectivity index (χ1) is 6.56. The summed E-state index contributed by atoms with van der Waals surface area (Å²) in [6.45, 7) is 0. The van der Waals surface area contributed by atoms with Crippen molar-refractivity contribution in [2.45, 2.75) is 0 Å². The Morgan fingerprint density at radius 1 is 1.50 bits per heavy atom. The maximum absolute atomic E-state index is 11.3. The Kier molecular flexibility index (Phi) is 3.24. The Hall–Kier alpha value is -1.36. The maximum Gasteiger partial charge on any atom is 0.341 e. The van der Waals surface area contributed by atoms with Crippen LogP contribution < -0.4 is 4.90 Å². The van der Waals surface area contributed by atoms with Crippen LogP contribution in [0.1, 0.15) is 10.4 Å². The molecule has 0 aliphatic rings. The molecule has 0 saturated heterocycles. The van der Waals surface area contributed by atoms with Crippen molar-refractivity contribution in [1.82, 2.24) is 10.2 Å². The van der Waals surface area contributed by atoms with Gasteiger partial charge in [-0.15, -0.1) is 10.2 Å². The van der Waals surface area contributed by atoms with Gasteiger partial charge < -0.3 is 9.64 Å². The van der Waals surface area contributed by atoms with Crippen molar-refractivity contribution in [3.8, 4) is 0 Å². The Morgan fingerprint density at radius 3 is 2.64 bits per heavy atom. The SMILES string of the molecule is COC(=O)c1cc(Cl)nnc1N(C)C. The predicted molar refractivity (Wildman–Crippen MR) is 52.7 cm³/mol. The predicted octanol–water partition coefficient (Wildman–Crippen LogP) is 0.983. The molecule has 0 aliphatic carbocycles. The van der Waals surface area contributed by atoms with E-state index in [9.17, 15) is 4.79 Å². The molecule has 1 heterocycles. The van der Waals surface area contributed by atoms with Crippen molar-refractivity contribution >= 4 is 23.4 Å². The van der Waals surface area contributed by atoms with Crippen LogP contribution in [0.15, 0.2) is 6.07 Å². The number of hydrogen-bond donors (Lipinski definition) is 0. The lowest BCUT2D eigenvalue weighted by Crippen LogP contribution is -2.17. The number of esters is 1. The van der Waals surface area contributed by atoms with Gasteiger partial charge >= 0.3 is 5.97 Å². The lowest BCUT2D eigenvalue weighted by Gasteiger charge is -2.13. The topological polar surface area (TPSA) is 55.3 Å². The van der Waals surface area contributed by atoms with Gasteiger partial charge in [0.25, 0.3) is 0 Å². The van der Waals surface area contributed by atoms with Crippen molar-refractivity contribution in [3.63, 3.8) is 0 Å². The Morgan fingerprint density at radius 2 is 2.14 bits per heavy atom. The molecule has 0 atom stereocenters. The highest BCUT2D eigenvalue weighted by Gasteiger charge is 2.16. The number of carbonyl (C=O) groups is 1. The van der Waals surface area contributed by atoms with Crippen LogP contribution in [0, 0.1) is 0 Å². The quantitative estimate of drug-likeness (QED) is 0.689. The van der Waals surface area contributed by atoms with E-state index in [2.05, 4.69) is 14.9 Å². The fourth-order valence-corrected chi connectivity index (χ4v) is 1.10. The molecule has 1 aromatic rings. The van der Waals surface area contributed by atoms with E-state index in [0.29, 0.717) is 11.4 Å². The average molecular weight is 216 g/mol. The maximum atomic E-state index is 11.3. The van der Waals surface area contributed by atoms with Crippen LogP contribution in [-0.2, 0) is 4.74 Å². The van der Waals surface area contributed by atoms with E-state index in [4.69, 9.17) is 11.6 Å². The highest BCUT2D eigenvalue weighted by Crippen LogP contribution is 2.18. The van der Waals surface area contributed by atoms with E-state index in [-0.39, 0.29) is 5.15 Å². The minimum absolute atomic E-state index is 0.163. The number of halogens is 1. The van der Waals surface area contributed by atoms with Gasteiger partial charge in [0, 0.05) is 14.1 Å². The summed E-state index contributed by atoms with van der Waals surface area (Å²) in [6, 6.07) is 1.43. The van der Waals surface area contributed by atoms with Gasteiger partial charge in [0.2, 0.25) is 0 Å². The van der Waals surface area contributed by atoms with Crippen molar-refractivity contribution in [3.05, 3.63) is 16.8 Å². The second-order valence-electron chi connectivity index (χ2n) is 2.79. The summed E-state index contributed by atoms with van der Waals surface area (Å²) < 4.78 is 4.59. The summed E-state index contributed by atoms with van der Waals surface area (Å²) in [5, 5.41) is 7.60. The van der Waals surface area contributed by atoms with Crippen LogP contribution in [-0.4, -0.2) is 37.4 Å².